The van der Waals surface area contributed by atoms with Gasteiger partial charge in [0.25, 0.3) is 0 Å². The number of hydrogen-bond donors (Lipinski definition) is 1. The second-order valence-electron chi connectivity index (χ2n) is 4.56. The summed E-state index contributed by atoms with van der Waals surface area (Å²) in [6.07, 6.45) is 3.71. The quantitative estimate of drug-likeness (QED) is 0.790. The molecule has 0 fully saturated rings. The molecule has 1 heterocycles. The Morgan fingerprint density at radius 1 is 1.10 bits per heavy atom. The number of rotatable bonds is 3. The first kappa shape index (κ1) is 12.8. The summed E-state index contributed by atoms with van der Waals surface area (Å²) in [6.45, 7) is 0.697. The van der Waals surface area contributed by atoms with E-state index in [4.69, 9.17) is 11.6 Å². The molecule has 1 aromatic heterocycles. The maximum Gasteiger partial charge on any atom is 0.140 e. The Morgan fingerprint density at radius 2 is 1.90 bits per heavy atom. The number of aromatic nitrogens is 2. The smallest absolute Gasteiger partial charge is 0.140 e. The van der Waals surface area contributed by atoms with Crippen molar-refractivity contribution >= 4 is 11.6 Å². The minimum atomic E-state index is 0.273. The highest BCUT2D eigenvalue weighted by molar-refractivity contribution is 6.30. The van der Waals surface area contributed by atoms with Crippen LogP contribution in [0.3, 0.4) is 0 Å². The first-order valence-corrected chi connectivity index (χ1v) is 6.65. The van der Waals surface area contributed by atoms with E-state index >= 15 is 0 Å². The molecule has 0 aliphatic rings. The van der Waals surface area contributed by atoms with E-state index in [9.17, 15) is 5.11 Å². The van der Waals surface area contributed by atoms with Crippen LogP contribution in [0, 0.1) is 0 Å². The summed E-state index contributed by atoms with van der Waals surface area (Å²) in [4.78, 5) is 4.40. The lowest BCUT2D eigenvalue weighted by atomic mass is 10.2. The lowest BCUT2D eigenvalue weighted by Crippen LogP contribution is -2.00. The molecule has 0 spiro atoms. The second kappa shape index (κ2) is 5.39. The van der Waals surface area contributed by atoms with Gasteiger partial charge in [-0.15, -0.1) is 0 Å². The van der Waals surface area contributed by atoms with Crippen LogP contribution in [0.25, 0.3) is 11.4 Å². The third-order valence-corrected chi connectivity index (χ3v) is 3.32. The van der Waals surface area contributed by atoms with Crippen molar-refractivity contribution in [3.63, 3.8) is 0 Å². The van der Waals surface area contributed by atoms with Gasteiger partial charge in [0.05, 0.1) is 0 Å². The van der Waals surface area contributed by atoms with Crippen molar-refractivity contribution in [3.8, 4) is 17.1 Å². The van der Waals surface area contributed by atoms with Crippen LogP contribution in [0.4, 0.5) is 0 Å². The van der Waals surface area contributed by atoms with E-state index in [0.717, 1.165) is 17.0 Å². The summed E-state index contributed by atoms with van der Waals surface area (Å²) >= 11 is 6.03. The van der Waals surface area contributed by atoms with E-state index in [1.807, 2.05) is 42.6 Å². The van der Waals surface area contributed by atoms with Crippen molar-refractivity contribution in [2.45, 2.75) is 6.54 Å². The van der Waals surface area contributed by atoms with Gasteiger partial charge in [0.1, 0.15) is 11.6 Å². The van der Waals surface area contributed by atoms with Crippen LogP contribution in [0.15, 0.2) is 60.9 Å². The second-order valence-corrected chi connectivity index (χ2v) is 4.99. The molecule has 0 aliphatic carbocycles. The number of benzene rings is 2. The van der Waals surface area contributed by atoms with Gasteiger partial charge in [-0.2, -0.15) is 0 Å². The fourth-order valence-corrected chi connectivity index (χ4v) is 2.31. The highest BCUT2D eigenvalue weighted by Crippen LogP contribution is 2.22. The van der Waals surface area contributed by atoms with Crippen molar-refractivity contribution in [2.24, 2.45) is 0 Å². The van der Waals surface area contributed by atoms with Crippen LogP contribution in [0.2, 0.25) is 5.02 Å². The molecule has 1 N–H and O–H groups in total. The van der Waals surface area contributed by atoms with Gasteiger partial charge in [0.2, 0.25) is 0 Å². The number of hydrogen-bond acceptors (Lipinski definition) is 2. The number of halogens is 1. The summed E-state index contributed by atoms with van der Waals surface area (Å²) in [7, 11) is 0. The van der Waals surface area contributed by atoms with E-state index in [2.05, 4.69) is 9.55 Å². The normalized spacial score (nSPS) is 10.7. The van der Waals surface area contributed by atoms with Crippen LogP contribution < -0.4 is 0 Å². The number of phenolic OH excluding ortho intramolecular Hbond substituents is 1. The minimum Gasteiger partial charge on any atom is -0.508 e. The molecule has 0 amide bonds. The zero-order valence-electron chi connectivity index (χ0n) is 10.7. The first-order valence-electron chi connectivity index (χ1n) is 6.27. The van der Waals surface area contributed by atoms with Crippen molar-refractivity contribution < 1.29 is 5.11 Å². The van der Waals surface area contributed by atoms with E-state index in [1.54, 1.807) is 18.3 Å². The number of phenols is 1. The van der Waals surface area contributed by atoms with E-state index in [0.29, 0.717) is 11.6 Å². The summed E-state index contributed by atoms with van der Waals surface area (Å²) in [5.74, 6) is 1.15. The molecule has 3 nitrogen and oxygen atoms in total. The van der Waals surface area contributed by atoms with Gasteiger partial charge in [-0.25, -0.2) is 4.98 Å². The average molecular weight is 285 g/mol. The molecule has 4 heteroatoms. The van der Waals surface area contributed by atoms with Crippen LogP contribution in [0.5, 0.6) is 5.75 Å². The molecule has 20 heavy (non-hydrogen) atoms. The molecule has 0 bridgehead atoms. The maximum absolute atomic E-state index is 9.31. The lowest BCUT2D eigenvalue weighted by molar-refractivity contribution is 0.475. The number of aromatic hydroxyl groups is 1. The van der Waals surface area contributed by atoms with Crippen molar-refractivity contribution in [2.75, 3.05) is 0 Å². The molecule has 0 aliphatic heterocycles. The SMILES string of the molecule is Oc1ccc(Cn2ccnc2-c2cccc(Cl)c2)cc1. The minimum absolute atomic E-state index is 0.273. The predicted molar refractivity (Wildman–Crippen MR) is 79.9 cm³/mol. The first-order chi connectivity index (χ1) is 9.72. The third kappa shape index (κ3) is 2.68. The molecule has 100 valence electrons. The summed E-state index contributed by atoms with van der Waals surface area (Å²) in [5, 5.41) is 10.0. The Bertz CT molecular complexity index is 719. The average Bonchev–Trinajstić information content (AvgIpc) is 2.89. The largest absolute Gasteiger partial charge is 0.508 e. The van der Waals surface area contributed by atoms with Gasteiger partial charge in [-0.1, -0.05) is 35.9 Å². The molecule has 2 aromatic carbocycles. The van der Waals surface area contributed by atoms with Gasteiger partial charge >= 0.3 is 0 Å². The predicted octanol–water partition coefficient (Wildman–Crippen LogP) is 3.96. The Labute approximate surface area is 122 Å². The fraction of sp³-hybridized carbons (Fsp3) is 0.0625. The zero-order valence-corrected chi connectivity index (χ0v) is 11.5. The van der Waals surface area contributed by atoms with Gasteiger partial charge in [-0.05, 0) is 29.8 Å². The lowest BCUT2D eigenvalue weighted by Gasteiger charge is -2.08. The molecule has 0 atom stereocenters. The molecule has 3 rings (SSSR count). The Balaban J connectivity index is 1.92. The highest BCUT2D eigenvalue weighted by atomic mass is 35.5. The molecular weight excluding hydrogens is 272 g/mol. The van der Waals surface area contributed by atoms with Gasteiger partial charge in [0.15, 0.2) is 0 Å². The van der Waals surface area contributed by atoms with E-state index in [1.165, 1.54) is 0 Å². The number of imidazole rings is 1. The molecular formula is C16H13ClN2O. The fourth-order valence-electron chi connectivity index (χ4n) is 2.12. The molecule has 0 unspecified atom stereocenters. The van der Waals surface area contributed by atoms with E-state index in [-0.39, 0.29) is 5.75 Å². The van der Waals surface area contributed by atoms with Crippen molar-refractivity contribution in [1.82, 2.24) is 9.55 Å². The third-order valence-electron chi connectivity index (χ3n) is 3.09. The topological polar surface area (TPSA) is 38.0 Å². The van der Waals surface area contributed by atoms with Crippen LogP contribution in [0.1, 0.15) is 5.56 Å². The van der Waals surface area contributed by atoms with Crippen molar-refractivity contribution in [3.05, 3.63) is 71.5 Å². The summed E-state index contributed by atoms with van der Waals surface area (Å²) in [5.41, 5.74) is 2.09. The van der Waals surface area contributed by atoms with Gasteiger partial charge < -0.3 is 9.67 Å². The van der Waals surface area contributed by atoms with Crippen molar-refractivity contribution in [1.29, 1.82) is 0 Å². The molecule has 0 saturated carbocycles. The summed E-state index contributed by atoms with van der Waals surface area (Å²) < 4.78 is 2.05. The van der Waals surface area contributed by atoms with Crippen LogP contribution in [-0.2, 0) is 6.54 Å². The zero-order chi connectivity index (χ0) is 13.9. The Kier molecular flexibility index (Phi) is 3.44. The Hall–Kier alpha value is -2.26. The van der Waals surface area contributed by atoms with E-state index < -0.39 is 0 Å². The monoisotopic (exact) mass is 284 g/mol. The van der Waals surface area contributed by atoms with Gasteiger partial charge in [0, 0.05) is 29.5 Å². The number of nitrogens with zero attached hydrogens (tertiary/aromatic N) is 2. The summed E-state index contributed by atoms with van der Waals surface area (Å²) in [6, 6.07) is 14.8. The molecule has 0 radical (unpaired) electrons. The molecule has 0 saturated heterocycles. The Morgan fingerprint density at radius 3 is 2.65 bits per heavy atom. The maximum atomic E-state index is 9.31. The standard InChI is InChI=1S/C16H13ClN2O/c17-14-3-1-2-13(10-14)16-18-8-9-19(16)11-12-4-6-15(20)7-5-12/h1-10,20H,11H2. The van der Waals surface area contributed by atoms with Crippen LogP contribution >= 0.6 is 11.6 Å². The van der Waals surface area contributed by atoms with Crippen LogP contribution in [-0.4, -0.2) is 14.7 Å². The highest BCUT2D eigenvalue weighted by Gasteiger charge is 2.07. The molecule has 3 aromatic rings. The van der Waals surface area contributed by atoms with Gasteiger partial charge in [-0.3, -0.25) is 0 Å².